The van der Waals surface area contributed by atoms with Crippen molar-refractivity contribution in [2.24, 2.45) is 0 Å². The van der Waals surface area contributed by atoms with Crippen LogP contribution in [-0.2, 0) is 0 Å². The van der Waals surface area contributed by atoms with Crippen LogP contribution in [0.3, 0.4) is 0 Å². The fourth-order valence-electron chi connectivity index (χ4n) is 2.90. The highest BCUT2D eigenvalue weighted by atomic mass is 16.5. The molecule has 0 saturated carbocycles. The maximum Gasteiger partial charge on any atom is 0.142 e. The molecule has 0 amide bonds. The average molecular weight is 358 g/mol. The second-order valence-electron chi connectivity index (χ2n) is 6.47. The van der Waals surface area contributed by atoms with Gasteiger partial charge in [0.25, 0.3) is 0 Å². The van der Waals surface area contributed by atoms with Crippen LogP contribution < -0.4 is 15.0 Å². The highest BCUT2D eigenvalue weighted by molar-refractivity contribution is 5.99. The summed E-state index contributed by atoms with van der Waals surface area (Å²) in [4.78, 5) is 6.39. The maximum absolute atomic E-state index is 8.98. The molecule has 5 heteroatoms. The molecular formula is C22H22N4O. The maximum atomic E-state index is 8.98. The van der Waals surface area contributed by atoms with Gasteiger partial charge in [0, 0.05) is 43.4 Å². The second-order valence-corrected chi connectivity index (χ2v) is 6.47. The van der Waals surface area contributed by atoms with E-state index in [1.165, 1.54) is 0 Å². The number of nitrogens with one attached hydrogen (secondary N) is 1. The smallest absolute Gasteiger partial charge is 0.142 e. The van der Waals surface area contributed by atoms with E-state index in [-0.39, 0.29) is 0 Å². The SMILES string of the molecule is C=C(C#N)CNc1c(OC)ccc2ccc(-c3cncc(N(C)C)c3)cc12. The Balaban J connectivity index is 2.11. The number of nitrogens with zero attached hydrogens (tertiary/aromatic N) is 3. The molecule has 1 heterocycles. The first-order valence-corrected chi connectivity index (χ1v) is 8.58. The average Bonchev–Trinajstić information content (AvgIpc) is 2.71. The fourth-order valence-corrected chi connectivity index (χ4v) is 2.90. The number of benzene rings is 2. The lowest BCUT2D eigenvalue weighted by Crippen LogP contribution is -2.08. The minimum Gasteiger partial charge on any atom is -0.495 e. The van der Waals surface area contributed by atoms with Crippen molar-refractivity contribution >= 4 is 22.1 Å². The van der Waals surface area contributed by atoms with E-state index >= 15 is 0 Å². The zero-order valence-electron chi connectivity index (χ0n) is 15.8. The lowest BCUT2D eigenvalue weighted by atomic mass is 10.0. The number of anilines is 2. The molecule has 1 aromatic heterocycles. The van der Waals surface area contributed by atoms with E-state index < -0.39 is 0 Å². The summed E-state index contributed by atoms with van der Waals surface area (Å²) in [5.41, 5.74) is 4.47. The van der Waals surface area contributed by atoms with Crippen LogP contribution in [0.25, 0.3) is 21.9 Å². The molecule has 0 bridgehead atoms. The first kappa shape index (κ1) is 18.3. The van der Waals surface area contributed by atoms with Gasteiger partial charge in [0.1, 0.15) is 5.75 Å². The molecule has 0 aliphatic rings. The number of nitriles is 1. The van der Waals surface area contributed by atoms with Gasteiger partial charge < -0.3 is 15.0 Å². The summed E-state index contributed by atoms with van der Waals surface area (Å²) in [6.45, 7) is 4.11. The van der Waals surface area contributed by atoms with Crippen LogP contribution in [0.1, 0.15) is 0 Å². The van der Waals surface area contributed by atoms with Crippen LogP contribution in [0, 0.1) is 11.3 Å². The van der Waals surface area contributed by atoms with E-state index in [1.54, 1.807) is 7.11 Å². The summed E-state index contributed by atoms with van der Waals surface area (Å²) in [6.07, 6.45) is 3.70. The standard InChI is InChI=1S/C22H22N4O/c1-15(11-23)12-25-22-20-10-17(6-5-16(20)7-8-21(22)27-4)18-9-19(26(2)3)14-24-13-18/h5-10,13-14,25H,1,12H2,2-4H3. The van der Waals surface area contributed by atoms with Gasteiger partial charge in [0.15, 0.2) is 0 Å². The molecule has 0 atom stereocenters. The Hall–Kier alpha value is -3.52. The van der Waals surface area contributed by atoms with E-state index in [9.17, 15) is 0 Å². The van der Waals surface area contributed by atoms with Crippen molar-refractivity contribution in [2.75, 3.05) is 38.0 Å². The van der Waals surface area contributed by atoms with Crippen LogP contribution in [0.4, 0.5) is 11.4 Å². The Morgan fingerprint density at radius 3 is 2.67 bits per heavy atom. The molecule has 0 radical (unpaired) electrons. The van der Waals surface area contributed by atoms with Crippen molar-refractivity contribution in [3.05, 3.63) is 60.9 Å². The van der Waals surface area contributed by atoms with Gasteiger partial charge in [-0.15, -0.1) is 0 Å². The summed E-state index contributed by atoms with van der Waals surface area (Å²) in [6, 6.07) is 14.4. The van der Waals surface area contributed by atoms with E-state index in [1.807, 2.05) is 43.5 Å². The van der Waals surface area contributed by atoms with Crippen molar-refractivity contribution in [1.82, 2.24) is 4.98 Å². The molecule has 0 spiro atoms. The minimum absolute atomic E-state index is 0.369. The zero-order chi connectivity index (χ0) is 19.4. The third kappa shape index (κ3) is 3.85. The molecule has 0 aliphatic heterocycles. The number of fused-ring (bicyclic) bond motifs is 1. The van der Waals surface area contributed by atoms with Gasteiger partial charge in [0.05, 0.1) is 30.8 Å². The predicted molar refractivity (Wildman–Crippen MR) is 111 cm³/mol. The van der Waals surface area contributed by atoms with Crippen molar-refractivity contribution in [1.29, 1.82) is 5.26 Å². The van der Waals surface area contributed by atoms with E-state index in [0.717, 1.165) is 39.0 Å². The van der Waals surface area contributed by atoms with Crippen molar-refractivity contribution in [2.45, 2.75) is 0 Å². The number of hydrogen-bond acceptors (Lipinski definition) is 5. The number of pyridine rings is 1. The zero-order valence-corrected chi connectivity index (χ0v) is 15.8. The predicted octanol–water partition coefficient (Wildman–Crippen LogP) is 4.47. The summed E-state index contributed by atoms with van der Waals surface area (Å²) >= 11 is 0. The number of rotatable bonds is 6. The van der Waals surface area contributed by atoms with Gasteiger partial charge in [-0.3, -0.25) is 4.98 Å². The molecule has 1 N–H and O–H groups in total. The first-order valence-electron chi connectivity index (χ1n) is 8.58. The molecule has 3 rings (SSSR count). The fraction of sp³-hybridized carbons (Fsp3) is 0.182. The normalized spacial score (nSPS) is 10.3. The van der Waals surface area contributed by atoms with Gasteiger partial charge in [0.2, 0.25) is 0 Å². The summed E-state index contributed by atoms with van der Waals surface area (Å²) in [5, 5.41) is 14.4. The second kappa shape index (κ2) is 7.79. The minimum atomic E-state index is 0.369. The summed E-state index contributed by atoms with van der Waals surface area (Å²) in [5.74, 6) is 0.727. The number of ether oxygens (including phenoxy) is 1. The molecule has 5 nitrogen and oxygen atoms in total. The monoisotopic (exact) mass is 358 g/mol. The quantitative estimate of drug-likeness (QED) is 0.659. The third-order valence-corrected chi connectivity index (χ3v) is 4.41. The van der Waals surface area contributed by atoms with Crippen LogP contribution in [0.5, 0.6) is 5.75 Å². The molecule has 2 aromatic carbocycles. The van der Waals surface area contributed by atoms with Crippen LogP contribution in [0.15, 0.2) is 60.9 Å². The van der Waals surface area contributed by atoms with Crippen LogP contribution in [0.2, 0.25) is 0 Å². The molecule has 27 heavy (non-hydrogen) atoms. The Labute approximate surface area is 159 Å². The van der Waals surface area contributed by atoms with Gasteiger partial charge in [-0.05, 0) is 29.1 Å². The van der Waals surface area contributed by atoms with Gasteiger partial charge in [-0.2, -0.15) is 5.26 Å². The number of aromatic nitrogens is 1. The molecule has 0 aliphatic carbocycles. The lowest BCUT2D eigenvalue weighted by Gasteiger charge is -2.16. The van der Waals surface area contributed by atoms with Gasteiger partial charge >= 0.3 is 0 Å². The topological polar surface area (TPSA) is 61.2 Å². The molecule has 0 unspecified atom stereocenters. The van der Waals surface area contributed by atoms with Gasteiger partial charge in [-0.1, -0.05) is 24.8 Å². The number of hydrogen-bond donors (Lipinski definition) is 1. The third-order valence-electron chi connectivity index (χ3n) is 4.41. The van der Waals surface area contributed by atoms with Crippen molar-refractivity contribution < 1.29 is 4.74 Å². The largest absolute Gasteiger partial charge is 0.495 e. The molecule has 0 saturated heterocycles. The van der Waals surface area contributed by atoms with Gasteiger partial charge in [-0.25, -0.2) is 0 Å². The molecule has 136 valence electrons. The molecule has 3 aromatic rings. The highest BCUT2D eigenvalue weighted by Gasteiger charge is 2.11. The Bertz CT molecular complexity index is 1030. The van der Waals surface area contributed by atoms with E-state index in [2.05, 4.69) is 47.2 Å². The van der Waals surface area contributed by atoms with E-state index in [0.29, 0.717) is 12.1 Å². The van der Waals surface area contributed by atoms with E-state index in [4.69, 9.17) is 10.00 Å². The lowest BCUT2D eigenvalue weighted by molar-refractivity contribution is 0.417. The highest BCUT2D eigenvalue weighted by Crippen LogP contribution is 2.36. The van der Waals surface area contributed by atoms with Crippen LogP contribution >= 0.6 is 0 Å². The number of methoxy groups -OCH3 is 1. The first-order chi connectivity index (χ1) is 13.0. The summed E-state index contributed by atoms with van der Waals surface area (Å²) < 4.78 is 5.52. The molecular weight excluding hydrogens is 336 g/mol. The Morgan fingerprint density at radius 2 is 1.96 bits per heavy atom. The Morgan fingerprint density at radius 1 is 1.19 bits per heavy atom. The van der Waals surface area contributed by atoms with Crippen molar-refractivity contribution in [3.8, 4) is 22.9 Å². The Kier molecular flexibility index (Phi) is 5.28. The van der Waals surface area contributed by atoms with Crippen molar-refractivity contribution in [3.63, 3.8) is 0 Å². The summed E-state index contributed by atoms with van der Waals surface area (Å²) in [7, 11) is 5.63. The molecule has 0 fully saturated rings. The van der Waals surface area contributed by atoms with Crippen LogP contribution in [-0.4, -0.2) is 32.7 Å².